The van der Waals surface area contributed by atoms with E-state index in [4.69, 9.17) is 38.4 Å². The van der Waals surface area contributed by atoms with E-state index in [1.54, 1.807) is 37.2 Å². The number of halogens is 8. The highest BCUT2D eigenvalue weighted by Crippen LogP contribution is 2.39. The Balaban J connectivity index is 0.000000244. The SMILES string of the molecule is Cc1cc(N)cnc1Oc1ccc(Cl)c(C(F)(F)F)c1.Cc1cc(N=CN(C)C)cnc1Oc1ccc(Cl)c(C(F)(F)F)c1. The van der Waals surface area contributed by atoms with Gasteiger partial charge in [-0.2, -0.15) is 26.3 Å². The first-order valence-electron chi connectivity index (χ1n) is 12.4. The Morgan fingerprint density at radius 1 is 0.750 bits per heavy atom. The van der Waals surface area contributed by atoms with E-state index in [0.717, 1.165) is 24.3 Å². The molecule has 4 aromatic rings. The van der Waals surface area contributed by atoms with Crippen molar-refractivity contribution in [1.29, 1.82) is 0 Å². The van der Waals surface area contributed by atoms with Crippen LogP contribution >= 0.6 is 23.2 Å². The number of nitrogens with zero attached hydrogens (tertiary/aromatic N) is 4. The van der Waals surface area contributed by atoms with E-state index in [2.05, 4.69) is 15.0 Å². The number of nitrogen functional groups attached to an aromatic ring is 1. The van der Waals surface area contributed by atoms with Crippen molar-refractivity contribution in [3.05, 3.63) is 93.2 Å². The fourth-order valence-electron chi connectivity index (χ4n) is 3.39. The largest absolute Gasteiger partial charge is 0.439 e. The molecular weight excluding hydrogens is 635 g/mol. The molecule has 0 radical (unpaired) electrons. The van der Waals surface area contributed by atoms with Gasteiger partial charge >= 0.3 is 12.4 Å². The van der Waals surface area contributed by atoms with Crippen molar-refractivity contribution in [1.82, 2.24) is 14.9 Å². The average molecular weight is 660 g/mol. The maximum Gasteiger partial charge on any atom is 0.417 e. The maximum atomic E-state index is 12.9. The van der Waals surface area contributed by atoms with Gasteiger partial charge in [-0.1, -0.05) is 23.2 Å². The lowest BCUT2D eigenvalue weighted by atomic mass is 10.2. The monoisotopic (exact) mass is 659 g/mol. The van der Waals surface area contributed by atoms with Crippen LogP contribution in [0.5, 0.6) is 23.3 Å². The molecule has 2 heterocycles. The molecular formula is C29H25Cl2F6N5O2. The molecule has 0 unspecified atom stereocenters. The molecule has 234 valence electrons. The minimum absolute atomic E-state index is 0.00194. The van der Waals surface area contributed by atoms with E-state index < -0.39 is 23.5 Å². The molecule has 7 nitrogen and oxygen atoms in total. The second-order valence-electron chi connectivity index (χ2n) is 9.40. The van der Waals surface area contributed by atoms with Gasteiger partial charge in [-0.3, -0.25) is 0 Å². The predicted octanol–water partition coefficient (Wildman–Crippen LogP) is 9.51. The standard InChI is InChI=1S/C16H15ClF3N3O.C13H10ClF3N2O/c1-10-6-11(22-9-23(2)3)8-21-15(10)24-12-4-5-14(17)13(7-12)16(18,19)20;1-7-4-8(18)6-19-12(7)20-9-2-3-11(14)10(5-9)13(15,16)17/h4-9H,1-3H3;2-6H,18H2,1H3. The van der Waals surface area contributed by atoms with Gasteiger partial charge in [0.1, 0.15) is 11.5 Å². The van der Waals surface area contributed by atoms with Gasteiger partial charge in [0.25, 0.3) is 0 Å². The third-order valence-corrected chi connectivity index (χ3v) is 6.08. The summed E-state index contributed by atoms with van der Waals surface area (Å²) in [5.74, 6) is 0.401. The minimum atomic E-state index is -4.55. The van der Waals surface area contributed by atoms with Gasteiger partial charge < -0.3 is 20.1 Å². The second-order valence-corrected chi connectivity index (χ2v) is 10.2. The summed E-state index contributed by atoms with van der Waals surface area (Å²) in [6.45, 7) is 3.43. The van der Waals surface area contributed by atoms with Crippen LogP contribution in [0.15, 0.2) is 65.9 Å². The Morgan fingerprint density at radius 3 is 1.61 bits per heavy atom. The Kier molecular flexibility index (Phi) is 10.9. The number of pyridine rings is 2. The third kappa shape index (κ3) is 9.64. The lowest BCUT2D eigenvalue weighted by molar-refractivity contribution is -0.138. The average Bonchev–Trinajstić information content (AvgIpc) is 2.91. The Morgan fingerprint density at radius 2 is 1.20 bits per heavy atom. The predicted molar refractivity (Wildman–Crippen MR) is 157 cm³/mol. The molecule has 0 amide bonds. The molecule has 4 rings (SSSR count). The van der Waals surface area contributed by atoms with Crippen LogP contribution in [-0.4, -0.2) is 35.3 Å². The fourth-order valence-corrected chi connectivity index (χ4v) is 3.84. The fraction of sp³-hybridized carbons (Fsp3) is 0.207. The molecule has 0 fully saturated rings. The highest BCUT2D eigenvalue weighted by atomic mass is 35.5. The zero-order valence-corrected chi connectivity index (χ0v) is 25.1. The molecule has 0 aliphatic carbocycles. The molecule has 2 aromatic carbocycles. The number of aryl methyl sites for hydroxylation is 2. The third-order valence-electron chi connectivity index (χ3n) is 5.42. The minimum Gasteiger partial charge on any atom is -0.439 e. The summed E-state index contributed by atoms with van der Waals surface area (Å²) in [6, 6.07) is 10.00. The molecule has 0 saturated heterocycles. The zero-order chi connectivity index (χ0) is 32.8. The van der Waals surface area contributed by atoms with Gasteiger partial charge in [0.15, 0.2) is 0 Å². The van der Waals surface area contributed by atoms with Gasteiger partial charge in [-0.25, -0.2) is 15.0 Å². The molecule has 0 bridgehead atoms. The summed E-state index contributed by atoms with van der Waals surface area (Å²) in [4.78, 5) is 14.0. The van der Waals surface area contributed by atoms with Crippen molar-refractivity contribution < 1.29 is 35.8 Å². The van der Waals surface area contributed by atoms with Crippen LogP contribution in [-0.2, 0) is 12.4 Å². The molecule has 0 atom stereocenters. The molecule has 0 spiro atoms. The van der Waals surface area contributed by atoms with Crippen LogP contribution < -0.4 is 15.2 Å². The first-order chi connectivity index (χ1) is 20.4. The summed E-state index contributed by atoms with van der Waals surface area (Å²) in [6.07, 6.45) is -4.64. The lowest BCUT2D eigenvalue weighted by Crippen LogP contribution is -2.07. The highest BCUT2D eigenvalue weighted by molar-refractivity contribution is 6.31. The number of hydrogen-bond donors (Lipinski definition) is 1. The maximum absolute atomic E-state index is 12.9. The molecule has 0 saturated carbocycles. The molecule has 15 heteroatoms. The second kappa shape index (κ2) is 14.0. The highest BCUT2D eigenvalue weighted by Gasteiger charge is 2.34. The lowest BCUT2D eigenvalue weighted by Gasteiger charge is -2.12. The first kappa shape index (κ1) is 34.3. The van der Waals surface area contributed by atoms with Crippen LogP contribution in [0.1, 0.15) is 22.3 Å². The molecule has 44 heavy (non-hydrogen) atoms. The Hall–Kier alpha value is -4.23. The van der Waals surface area contributed by atoms with Gasteiger partial charge in [-0.15, -0.1) is 0 Å². The number of nitrogens with two attached hydrogens (primary N) is 1. The zero-order valence-electron chi connectivity index (χ0n) is 23.6. The number of ether oxygens (including phenoxy) is 2. The van der Waals surface area contributed by atoms with Gasteiger partial charge in [-0.05, 0) is 62.4 Å². The normalized spacial score (nSPS) is 11.6. The number of benzene rings is 2. The number of aliphatic imine (C=N–C) groups is 1. The van der Waals surface area contributed by atoms with Crippen LogP contribution in [0.4, 0.5) is 37.7 Å². The van der Waals surface area contributed by atoms with E-state index >= 15 is 0 Å². The Bertz CT molecular complexity index is 1650. The van der Waals surface area contributed by atoms with Gasteiger partial charge in [0.05, 0.1) is 51.3 Å². The van der Waals surface area contributed by atoms with E-state index in [-0.39, 0.29) is 33.3 Å². The topological polar surface area (TPSA) is 85.9 Å². The van der Waals surface area contributed by atoms with Crippen molar-refractivity contribution in [2.45, 2.75) is 26.2 Å². The van der Waals surface area contributed by atoms with Crippen molar-refractivity contribution in [2.24, 2.45) is 4.99 Å². The van der Waals surface area contributed by atoms with Gasteiger partial charge in [0.2, 0.25) is 11.8 Å². The summed E-state index contributed by atoms with van der Waals surface area (Å²) in [7, 11) is 3.67. The van der Waals surface area contributed by atoms with Crippen LogP contribution in [0.2, 0.25) is 10.0 Å². The van der Waals surface area contributed by atoms with Crippen LogP contribution in [0.25, 0.3) is 0 Å². The Labute approximate surface area is 258 Å². The number of rotatable bonds is 6. The number of hydrogen-bond acceptors (Lipinski definition) is 6. The van der Waals surface area contributed by atoms with Crippen molar-refractivity contribution in [3.8, 4) is 23.3 Å². The number of alkyl halides is 6. The van der Waals surface area contributed by atoms with E-state index in [1.165, 1.54) is 24.5 Å². The number of aromatic nitrogens is 2. The quantitative estimate of drug-likeness (QED) is 0.126. The van der Waals surface area contributed by atoms with Crippen molar-refractivity contribution >= 4 is 40.9 Å². The molecule has 0 aliphatic heterocycles. The van der Waals surface area contributed by atoms with Crippen molar-refractivity contribution in [3.63, 3.8) is 0 Å². The van der Waals surface area contributed by atoms with E-state index in [9.17, 15) is 26.3 Å². The molecule has 2 N–H and O–H groups in total. The summed E-state index contributed by atoms with van der Waals surface area (Å²) < 4.78 is 87.6. The van der Waals surface area contributed by atoms with E-state index in [0.29, 0.717) is 22.5 Å². The van der Waals surface area contributed by atoms with Crippen LogP contribution in [0.3, 0.4) is 0 Å². The molecule has 2 aromatic heterocycles. The molecule has 0 aliphatic rings. The summed E-state index contributed by atoms with van der Waals surface area (Å²) >= 11 is 11.1. The van der Waals surface area contributed by atoms with E-state index in [1.807, 2.05) is 14.1 Å². The number of anilines is 1. The van der Waals surface area contributed by atoms with Crippen LogP contribution in [0, 0.1) is 13.8 Å². The van der Waals surface area contributed by atoms with Gasteiger partial charge in [0, 0.05) is 25.2 Å². The van der Waals surface area contributed by atoms with Crippen molar-refractivity contribution in [2.75, 3.05) is 19.8 Å². The first-order valence-corrected chi connectivity index (χ1v) is 13.2. The summed E-state index contributed by atoms with van der Waals surface area (Å²) in [5, 5.41) is -0.764. The smallest absolute Gasteiger partial charge is 0.417 e. The summed E-state index contributed by atoms with van der Waals surface area (Å²) in [5.41, 5.74) is 5.95.